The highest BCUT2D eigenvalue weighted by Crippen LogP contribution is 2.33. The van der Waals surface area contributed by atoms with Crippen LogP contribution in [-0.4, -0.2) is 45.2 Å². The summed E-state index contributed by atoms with van der Waals surface area (Å²) in [6.07, 6.45) is 2.64. The van der Waals surface area contributed by atoms with E-state index in [-0.39, 0.29) is 11.8 Å². The van der Waals surface area contributed by atoms with Crippen LogP contribution in [0.4, 0.5) is 0 Å². The molecule has 1 atom stereocenters. The molecule has 4 heterocycles. The zero-order valence-corrected chi connectivity index (χ0v) is 16.3. The third-order valence-electron chi connectivity index (χ3n) is 5.78. The Morgan fingerprint density at radius 3 is 2.90 bits per heavy atom. The number of carbonyl (C=O) groups excluding carboxylic acids is 1. The minimum absolute atomic E-state index is 0.0509. The second-order valence-electron chi connectivity index (χ2n) is 7.56. The second kappa shape index (κ2) is 7.00. The smallest absolute Gasteiger partial charge is 0.289 e. The summed E-state index contributed by atoms with van der Waals surface area (Å²) in [5.74, 6) is 0.561. The minimum Gasteiger partial charge on any atom is -0.451 e. The molecule has 1 aliphatic rings. The van der Waals surface area contributed by atoms with Crippen LogP contribution in [0.2, 0.25) is 0 Å². The molecular formula is C22H23N5O2. The van der Waals surface area contributed by atoms with Crippen molar-refractivity contribution in [2.45, 2.75) is 25.8 Å². The number of aromatic nitrogens is 3. The van der Waals surface area contributed by atoms with Gasteiger partial charge in [0.15, 0.2) is 11.4 Å². The van der Waals surface area contributed by atoms with Gasteiger partial charge < -0.3 is 15.1 Å². The predicted molar refractivity (Wildman–Crippen MR) is 111 cm³/mol. The van der Waals surface area contributed by atoms with E-state index in [0.717, 1.165) is 39.7 Å². The molecule has 2 N–H and O–H groups in total. The van der Waals surface area contributed by atoms with Crippen molar-refractivity contribution < 1.29 is 9.21 Å². The number of carbonyl (C=O) groups is 1. The molecule has 0 bridgehead atoms. The van der Waals surface area contributed by atoms with Gasteiger partial charge in [0.1, 0.15) is 5.58 Å². The van der Waals surface area contributed by atoms with Gasteiger partial charge >= 0.3 is 0 Å². The van der Waals surface area contributed by atoms with Crippen LogP contribution in [-0.2, 0) is 6.54 Å². The first-order valence-electron chi connectivity index (χ1n) is 9.96. The van der Waals surface area contributed by atoms with Gasteiger partial charge in [-0.3, -0.25) is 4.79 Å². The van der Waals surface area contributed by atoms with Gasteiger partial charge in [0.05, 0.1) is 12.2 Å². The Morgan fingerprint density at radius 2 is 2.07 bits per heavy atom. The van der Waals surface area contributed by atoms with E-state index < -0.39 is 0 Å². The van der Waals surface area contributed by atoms with E-state index in [2.05, 4.69) is 4.98 Å². The standard InChI is InChI=1S/C22H23N5O2/c1-14-16-5-2-3-7-18(16)29-20(14)22(28)26-11-8-15(13-26)19-17-6-4-10-24-21(17)27(25-19)12-9-23/h2-7,10,15H,8-9,11-13,23H2,1H3/t15-/m0/s1. The summed E-state index contributed by atoms with van der Waals surface area (Å²) in [5, 5.41) is 6.82. The molecule has 1 aromatic carbocycles. The molecular weight excluding hydrogens is 366 g/mol. The first-order chi connectivity index (χ1) is 14.2. The molecule has 29 heavy (non-hydrogen) atoms. The zero-order chi connectivity index (χ0) is 20.0. The van der Waals surface area contributed by atoms with Crippen LogP contribution in [0.25, 0.3) is 22.0 Å². The molecule has 148 valence electrons. The topological polar surface area (TPSA) is 90.2 Å². The van der Waals surface area contributed by atoms with Crippen LogP contribution in [0, 0.1) is 6.92 Å². The molecule has 1 aliphatic heterocycles. The van der Waals surface area contributed by atoms with Crippen LogP contribution in [0.15, 0.2) is 47.0 Å². The molecule has 0 spiro atoms. The number of pyridine rings is 1. The average molecular weight is 389 g/mol. The van der Waals surface area contributed by atoms with Crippen molar-refractivity contribution in [1.29, 1.82) is 0 Å². The zero-order valence-electron chi connectivity index (χ0n) is 16.3. The number of nitrogens with two attached hydrogens (primary N) is 1. The Balaban J connectivity index is 1.43. The van der Waals surface area contributed by atoms with Crippen molar-refractivity contribution in [3.63, 3.8) is 0 Å². The quantitative estimate of drug-likeness (QED) is 0.579. The van der Waals surface area contributed by atoms with E-state index in [9.17, 15) is 4.79 Å². The molecule has 7 heteroatoms. The van der Waals surface area contributed by atoms with E-state index in [1.165, 1.54) is 0 Å². The van der Waals surface area contributed by atoms with Crippen molar-refractivity contribution in [1.82, 2.24) is 19.7 Å². The van der Waals surface area contributed by atoms with Gasteiger partial charge in [-0.15, -0.1) is 0 Å². The maximum atomic E-state index is 13.2. The highest BCUT2D eigenvalue weighted by molar-refractivity contribution is 5.99. The fourth-order valence-electron chi connectivity index (χ4n) is 4.30. The molecule has 1 saturated heterocycles. The van der Waals surface area contributed by atoms with Crippen LogP contribution in [0.3, 0.4) is 0 Å². The number of hydrogen-bond donors (Lipinski definition) is 1. The molecule has 1 fully saturated rings. The molecule has 7 nitrogen and oxygen atoms in total. The number of para-hydroxylation sites is 1. The van der Waals surface area contributed by atoms with E-state index in [1.54, 1.807) is 6.20 Å². The number of aryl methyl sites for hydroxylation is 1. The van der Waals surface area contributed by atoms with Crippen molar-refractivity contribution in [2.75, 3.05) is 19.6 Å². The lowest BCUT2D eigenvalue weighted by atomic mass is 10.0. The first kappa shape index (κ1) is 17.9. The molecule has 1 amide bonds. The molecule has 0 saturated carbocycles. The Labute approximate surface area is 168 Å². The normalized spacial score (nSPS) is 16.9. The van der Waals surface area contributed by atoms with Crippen molar-refractivity contribution in [3.05, 3.63) is 59.6 Å². The molecule has 3 aromatic heterocycles. The third-order valence-corrected chi connectivity index (χ3v) is 5.78. The van der Waals surface area contributed by atoms with Crippen LogP contribution >= 0.6 is 0 Å². The van der Waals surface area contributed by atoms with Crippen LogP contribution < -0.4 is 5.73 Å². The third kappa shape index (κ3) is 2.89. The first-order valence-corrected chi connectivity index (χ1v) is 9.96. The second-order valence-corrected chi connectivity index (χ2v) is 7.56. The van der Waals surface area contributed by atoms with E-state index in [0.29, 0.717) is 31.9 Å². The monoisotopic (exact) mass is 389 g/mol. The summed E-state index contributed by atoms with van der Waals surface area (Å²) in [5.41, 5.74) is 9.24. The van der Waals surface area contributed by atoms with E-state index in [1.807, 2.05) is 52.9 Å². The number of fused-ring (bicyclic) bond motifs is 2. The fraction of sp³-hybridized carbons (Fsp3) is 0.318. The number of furan rings is 1. The largest absolute Gasteiger partial charge is 0.451 e. The lowest BCUT2D eigenvalue weighted by Gasteiger charge is -2.15. The van der Waals surface area contributed by atoms with Gasteiger partial charge in [-0.1, -0.05) is 18.2 Å². The summed E-state index contributed by atoms with van der Waals surface area (Å²) in [7, 11) is 0. The predicted octanol–water partition coefficient (Wildman–Crippen LogP) is 3.07. The van der Waals surface area contributed by atoms with Crippen molar-refractivity contribution >= 4 is 27.9 Å². The molecule has 0 radical (unpaired) electrons. The lowest BCUT2D eigenvalue weighted by Crippen LogP contribution is -2.28. The number of benzene rings is 1. The van der Waals surface area contributed by atoms with Gasteiger partial charge in [-0.25, -0.2) is 9.67 Å². The average Bonchev–Trinajstić information content (AvgIpc) is 3.45. The molecule has 0 aliphatic carbocycles. The highest BCUT2D eigenvalue weighted by atomic mass is 16.3. The number of hydrogen-bond acceptors (Lipinski definition) is 5. The Hall–Kier alpha value is -3.19. The molecule has 0 unspecified atom stereocenters. The summed E-state index contributed by atoms with van der Waals surface area (Å²) >= 11 is 0. The van der Waals surface area contributed by atoms with Gasteiger partial charge in [0, 0.05) is 48.1 Å². The Morgan fingerprint density at radius 1 is 1.24 bits per heavy atom. The van der Waals surface area contributed by atoms with Gasteiger partial charge in [0.2, 0.25) is 0 Å². The van der Waals surface area contributed by atoms with E-state index in [4.69, 9.17) is 15.2 Å². The van der Waals surface area contributed by atoms with Gasteiger partial charge in [0.25, 0.3) is 5.91 Å². The van der Waals surface area contributed by atoms with Crippen LogP contribution in [0.1, 0.15) is 34.2 Å². The maximum absolute atomic E-state index is 13.2. The van der Waals surface area contributed by atoms with Crippen molar-refractivity contribution in [2.24, 2.45) is 5.73 Å². The number of nitrogens with zero attached hydrogens (tertiary/aromatic N) is 4. The van der Waals surface area contributed by atoms with Gasteiger partial charge in [-0.2, -0.15) is 5.10 Å². The summed E-state index contributed by atoms with van der Waals surface area (Å²) in [4.78, 5) is 19.5. The lowest BCUT2D eigenvalue weighted by molar-refractivity contribution is 0.0760. The molecule has 4 aromatic rings. The minimum atomic E-state index is -0.0509. The van der Waals surface area contributed by atoms with Crippen LogP contribution in [0.5, 0.6) is 0 Å². The Kier molecular flexibility index (Phi) is 4.32. The SMILES string of the molecule is Cc1c(C(=O)N2CC[C@H](c3nn(CCN)c4ncccc34)C2)oc2ccccc12. The number of amides is 1. The van der Waals surface area contributed by atoms with Gasteiger partial charge in [-0.05, 0) is 31.5 Å². The summed E-state index contributed by atoms with van der Waals surface area (Å²) in [6, 6.07) is 11.7. The van der Waals surface area contributed by atoms with E-state index >= 15 is 0 Å². The number of likely N-dealkylation sites (tertiary alicyclic amines) is 1. The molecule has 5 rings (SSSR count). The Bertz CT molecular complexity index is 1210. The summed E-state index contributed by atoms with van der Waals surface area (Å²) < 4.78 is 7.76. The van der Waals surface area contributed by atoms with Crippen molar-refractivity contribution in [3.8, 4) is 0 Å². The fourth-order valence-corrected chi connectivity index (χ4v) is 4.30. The summed E-state index contributed by atoms with van der Waals surface area (Å²) in [6.45, 7) is 4.39. The number of rotatable bonds is 4. The highest BCUT2D eigenvalue weighted by Gasteiger charge is 2.33. The maximum Gasteiger partial charge on any atom is 0.289 e.